The summed E-state index contributed by atoms with van der Waals surface area (Å²) in [7, 11) is 0. The molecule has 0 aliphatic heterocycles. The first-order valence-electron chi connectivity index (χ1n) is 4.39. The van der Waals surface area contributed by atoms with Gasteiger partial charge in [-0.05, 0) is 40.5 Å². The van der Waals surface area contributed by atoms with Crippen LogP contribution in [0.25, 0.3) is 10.9 Å². The van der Waals surface area contributed by atoms with E-state index in [0.717, 1.165) is 10.9 Å². The maximum atomic E-state index is 10.9. The Morgan fingerprint density at radius 2 is 2.00 bits per heavy atom. The molecule has 0 amide bonds. The first-order chi connectivity index (χ1) is 7.09. The number of nitrogens with zero attached hydrogens (tertiary/aromatic N) is 1. The number of fused-ring (bicyclic) bond motifs is 1. The number of aryl methyl sites for hydroxylation is 1. The Morgan fingerprint density at radius 3 is 2.67 bits per heavy atom. The number of carbonyl (C=O) groups is 1. The predicted molar refractivity (Wildman–Crippen MR) is 61.1 cm³/mol. The summed E-state index contributed by atoms with van der Waals surface area (Å²) in [5.41, 5.74) is 1.72. The number of halogens is 1. The summed E-state index contributed by atoms with van der Waals surface area (Å²) in [6, 6.07) is 7.12. The average Bonchev–Trinajstić information content (AvgIpc) is 2.19. The summed E-state index contributed by atoms with van der Waals surface area (Å²) in [5.74, 6) is -0.920. The topological polar surface area (TPSA) is 50.2 Å². The highest BCUT2D eigenvalue weighted by molar-refractivity contribution is 9.10. The van der Waals surface area contributed by atoms with E-state index in [0.29, 0.717) is 15.7 Å². The minimum absolute atomic E-state index is 0.299. The zero-order valence-electron chi connectivity index (χ0n) is 7.99. The molecule has 4 heteroatoms. The Morgan fingerprint density at radius 1 is 1.33 bits per heavy atom. The van der Waals surface area contributed by atoms with E-state index in [1.165, 1.54) is 0 Å². The zero-order valence-corrected chi connectivity index (χ0v) is 9.58. The molecule has 0 atom stereocenters. The van der Waals surface area contributed by atoms with Crippen LogP contribution < -0.4 is 0 Å². The van der Waals surface area contributed by atoms with Gasteiger partial charge in [-0.15, -0.1) is 0 Å². The van der Waals surface area contributed by atoms with Crippen molar-refractivity contribution < 1.29 is 9.90 Å². The van der Waals surface area contributed by atoms with Crippen LogP contribution in [0, 0.1) is 6.92 Å². The second-order valence-corrected chi connectivity index (χ2v) is 4.06. The Kier molecular flexibility index (Phi) is 2.44. The van der Waals surface area contributed by atoms with E-state index in [-0.39, 0.29) is 0 Å². The van der Waals surface area contributed by atoms with Crippen LogP contribution in [0.4, 0.5) is 0 Å². The summed E-state index contributed by atoms with van der Waals surface area (Å²) in [6.45, 7) is 1.77. The molecule has 2 rings (SSSR count). The maximum absolute atomic E-state index is 10.9. The van der Waals surface area contributed by atoms with Gasteiger partial charge in [-0.2, -0.15) is 0 Å². The summed E-state index contributed by atoms with van der Waals surface area (Å²) >= 11 is 3.27. The third-order valence-electron chi connectivity index (χ3n) is 2.31. The van der Waals surface area contributed by atoms with Crippen molar-refractivity contribution in [2.75, 3.05) is 0 Å². The number of rotatable bonds is 1. The molecule has 76 valence electrons. The van der Waals surface area contributed by atoms with Crippen molar-refractivity contribution >= 4 is 32.8 Å². The summed E-state index contributed by atoms with van der Waals surface area (Å²) in [5, 5.41) is 9.90. The Balaban J connectivity index is 2.82. The van der Waals surface area contributed by atoms with Crippen LogP contribution in [0.3, 0.4) is 0 Å². The molecule has 0 spiro atoms. The van der Waals surface area contributed by atoms with E-state index in [1.807, 2.05) is 12.1 Å². The van der Waals surface area contributed by atoms with Crippen molar-refractivity contribution in [2.24, 2.45) is 0 Å². The highest BCUT2D eigenvalue weighted by atomic mass is 79.9. The normalized spacial score (nSPS) is 10.5. The summed E-state index contributed by atoms with van der Waals surface area (Å²) in [4.78, 5) is 15.2. The predicted octanol–water partition coefficient (Wildman–Crippen LogP) is 3.00. The lowest BCUT2D eigenvalue weighted by atomic mass is 10.0. The molecule has 0 unspecified atom stereocenters. The average molecular weight is 266 g/mol. The standard InChI is InChI=1S/C11H8BrNO2/c1-6-8(11(14)15)4-2-7-3-5-9(12)13-10(6)7/h2-5H,1H3,(H,14,15). The molecule has 0 fully saturated rings. The first kappa shape index (κ1) is 10.1. The van der Waals surface area contributed by atoms with Crippen LogP contribution in [-0.2, 0) is 0 Å². The highest BCUT2D eigenvalue weighted by Crippen LogP contribution is 2.22. The van der Waals surface area contributed by atoms with Gasteiger partial charge in [0.25, 0.3) is 0 Å². The molecular formula is C11H8BrNO2. The fraction of sp³-hybridized carbons (Fsp3) is 0.0909. The molecule has 0 aliphatic rings. The lowest BCUT2D eigenvalue weighted by Gasteiger charge is -2.05. The van der Waals surface area contributed by atoms with Crippen molar-refractivity contribution in [2.45, 2.75) is 6.92 Å². The Labute approximate surface area is 94.9 Å². The van der Waals surface area contributed by atoms with Gasteiger partial charge in [0.2, 0.25) is 0 Å². The fourth-order valence-corrected chi connectivity index (χ4v) is 1.85. The molecule has 1 N–H and O–H groups in total. The van der Waals surface area contributed by atoms with Gasteiger partial charge >= 0.3 is 5.97 Å². The summed E-state index contributed by atoms with van der Waals surface area (Å²) in [6.07, 6.45) is 0. The van der Waals surface area contributed by atoms with Crippen LogP contribution >= 0.6 is 15.9 Å². The van der Waals surface area contributed by atoms with Crippen molar-refractivity contribution in [1.29, 1.82) is 0 Å². The van der Waals surface area contributed by atoms with E-state index in [4.69, 9.17) is 5.11 Å². The van der Waals surface area contributed by atoms with Crippen LogP contribution in [0.2, 0.25) is 0 Å². The van der Waals surface area contributed by atoms with Crippen molar-refractivity contribution in [1.82, 2.24) is 4.98 Å². The molecule has 0 saturated carbocycles. The van der Waals surface area contributed by atoms with Crippen molar-refractivity contribution in [3.63, 3.8) is 0 Å². The summed E-state index contributed by atoms with van der Waals surface area (Å²) < 4.78 is 0.709. The van der Waals surface area contributed by atoms with Crippen molar-refractivity contribution in [3.05, 3.63) is 40.0 Å². The third kappa shape index (κ3) is 1.72. The van der Waals surface area contributed by atoms with E-state index in [1.54, 1.807) is 19.1 Å². The monoisotopic (exact) mass is 265 g/mol. The smallest absolute Gasteiger partial charge is 0.336 e. The van der Waals surface area contributed by atoms with Gasteiger partial charge < -0.3 is 5.11 Å². The van der Waals surface area contributed by atoms with Gasteiger partial charge in [0, 0.05) is 5.39 Å². The van der Waals surface area contributed by atoms with Crippen LogP contribution in [-0.4, -0.2) is 16.1 Å². The zero-order chi connectivity index (χ0) is 11.0. The lowest BCUT2D eigenvalue weighted by Crippen LogP contribution is -2.00. The number of carboxylic acids is 1. The number of aromatic nitrogens is 1. The molecule has 0 bridgehead atoms. The maximum Gasteiger partial charge on any atom is 0.336 e. The molecule has 2 aromatic rings. The SMILES string of the molecule is Cc1c(C(=O)O)ccc2ccc(Br)nc12. The molecule has 3 nitrogen and oxygen atoms in total. The number of hydrogen-bond acceptors (Lipinski definition) is 2. The molecule has 1 aromatic carbocycles. The van der Waals surface area contributed by atoms with Gasteiger partial charge in [0.05, 0.1) is 11.1 Å². The lowest BCUT2D eigenvalue weighted by molar-refractivity contribution is 0.0696. The van der Waals surface area contributed by atoms with Crippen LogP contribution in [0.15, 0.2) is 28.9 Å². The van der Waals surface area contributed by atoms with E-state index in [2.05, 4.69) is 20.9 Å². The van der Waals surface area contributed by atoms with Gasteiger partial charge in [-0.3, -0.25) is 0 Å². The number of hydrogen-bond donors (Lipinski definition) is 1. The van der Waals surface area contributed by atoms with Gasteiger partial charge in [-0.1, -0.05) is 12.1 Å². The number of pyridine rings is 1. The Hall–Kier alpha value is -1.42. The number of aromatic carboxylic acids is 1. The quantitative estimate of drug-likeness (QED) is 0.807. The molecule has 0 aliphatic carbocycles. The molecule has 0 radical (unpaired) electrons. The van der Waals surface area contributed by atoms with E-state index in [9.17, 15) is 4.79 Å². The first-order valence-corrected chi connectivity index (χ1v) is 5.18. The van der Waals surface area contributed by atoms with Gasteiger partial charge in [0.1, 0.15) is 4.60 Å². The number of carboxylic acid groups (broad SMARTS) is 1. The highest BCUT2D eigenvalue weighted by Gasteiger charge is 2.10. The third-order valence-corrected chi connectivity index (χ3v) is 2.75. The molecular weight excluding hydrogens is 258 g/mol. The molecule has 15 heavy (non-hydrogen) atoms. The second-order valence-electron chi connectivity index (χ2n) is 3.25. The molecule has 1 heterocycles. The van der Waals surface area contributed by atoms with E-state index >= 15 is 0 Å². The number of benzene rings is 1. The van der Waals surface area contributed by atoms with Crippen molar-refractivity contribution in [3.8, 4) is 0 Å². The molecule has 0 saturated heterocycles. The Bertz CT molecular complexity index is 552. The van der Waals surface area contributed by atoms with E-state index < -0.39 is 5.97 Å². The molecule has 1 aromatic heterocycles. The van der Waals surface area contributed by atoms with Crippen LogP contribution in [0.5, 0.6) is 0 Å². The largest absolute Gasteiger partial charge is 0.478 e. The fourth-order valence-electron chi connectivity index (χ4n) is 1.54. The minimum Gasteiger partial charge on any atom is -0.478 e. The second kappa shape index (κ2) is 3.62. The minimum atomic E-state index is -0.920. The van der Waals surface area contributed by atoms with Gasteiger partial charge in [-0.25, -0.2) is 9.78 Å². The van der Waals surface area contributed by atoms with Crippen LogP contribution in [0.1, 0.15) is 15.9 Å². The van der Waals surface area contributed by atoms with Gasteiger partial charge in [0.15, 0.2) is 0 Å².